The minimum absolute atomic E-state index is 0.450. The van der Waals surface area contributed by atoms with Gasteiger partial charge in [0.15, 0.2) is 11.5 Å². The van der Waals surface area contributed by atoms with Crippen LogP contribution in [0.25, 0.3) is 6.08 Å². The van der Waals surface area contributed by atoms with Gasteiger partial charge in [-0.05, 0) is 35.4 Å². The fourth-order valence-corrected chi connectivity index (χ4v) is 2.82. The lowest BCUT2D eigenvalue weighted by atomic mass is 10.2. The molecule has 3 rings (SSSR count). The van der Waals surface area contributed by atoms with E-state index in [0.717, 1.165) is 11.1 Å². The Labute approximate surface area is 162 Å². The molecule has 0 saturated carbocycles. The van der Waals surface area contributed by atoms with Crippen molar-refractivity contribution in [2.24, 2.45) is 5.10 Å². The van der Waals surface area contributed by atoms with Crippen molar-refractivity contribution in [2.45, 2.75) is 0 Å². The molecule has 3 N–H and O–H groups in total. The molecule has 0 fully saturated rings. The third kappa shape index (κ3) is 5.58. The van der Waals surface area contributed by atoms with Crippen LogP contribution in [0, 0.1) is 0 Å². The van der Waals surface area contributed by atoms with Crippen LogP contribution in [0.1, 0.15) is 11.1 Å². The SMILES string of the molecule is COc1cc(C=NNc2nc(N)cs2)ccc1OCC=Cc1ccccc1. The van der Waals surface area contributed by atoms with Crippen molar-refractivity contribution in [1.29, 1.82) is 0 Å². The summed E-state index contributed by atoms with van der Waals surface area (Å²) in [6, 6.07) is 15.7. The van der Waals surface area contributed by atoms with Gasteiger partial charge in [-0.3, -0.25) is 5.43 Å². The zero-order chi connectivity index (χ0) is 18.9. The van der Waals surface area contributed by atoms with Crippen molar-refractivity contribution in [3.8, 4) is 11.5 Å². The van der Waals surface area contributed by atoms with Crippen LogP contribution >= 0.6 is 11.3 Å². The first-order chi connectivity index (χ1) is 13.2. The number of benzene rings is 2. The first kappa shape index (κ1) is 18.5. The van der Waals surface area contributed by atoms with Gasteiger partial charge < -0.3 is 15.2 Å². The van der Waals surface area contributed by atoms with Gasteiger partial charge in [0, 0.05) is 5.38 Å². The molecule has 0 radical (unpaired) electrons. The summed E-state index contributed by atoms with van der Waals surface area (Å²) >= 11 is 1.39. The van der Waals surface area contributed by atoms with Crippen molar-refractivity contribution in [2.75, 3.05) is 24.9 Å². The van der Waals surface area contributed by atoms with Crippen molar-refractivity contribution in [1.82, 2.24) is 4.98 Å². The lowest BCUT2D eigenvalue weighted by Crippen LogP contribution is -1.98. The van der Waals surface area contributed by atoms with Crippen LogP contribution in [0.3, 0.4) is 0 Å². The van der Waals surface area contributed by atoms with Crippen molar-refractivity contribution in [3.63, 3.8) is 0 Å². The second kappa shape index (κ2) is 9.40. The van der Waals surface area contributed by atoms with Crippen molar-refractivity contribution in [3.05, 3.63) is 71.1 Å². The Bertz CT molecular complexity index is 923. The molecule has 27 heavy (non-hydrogen) atoms. The minimum Gasteiger partial charge on any atom is -0.493 e. The van der Waals surface area contributed by atoms with Crippen LogP contribution in [0.15, 0.2) is 65.1 Å². The monoisotopic (exact) mass is 380 g/mol. The number of hydrogen-bond donors (Lipinski definition) is 2. The molecular formula is C20H20N4O2S. The first-order valence-corrected chi connectivity index (χ1v) is 9.15. The molecule has 0 spiro atoms. The predicted molar refractivity (Wildman–Crippen MR) is 112 cm³/mol. The maximum atomic E-state index is 5.79. The fraction of sp³-hybridized carbons (Fsp3) is 0.100. The molecule has 0 atom stereocenters. The number of aromatic nitrogens is 1. The van der Waals surface area contributed by atoms with E-state index in [4.69, 9.17) is 15.2 Å². The van der Waals surface area contributed by atoms with Gasteiger partial charge in [-0.1, -0.05) is 36.4 Å². The van der Waals surface area contributed by atoms with E-state index >= 15 is 0 Å². The summed E-state index contributed by atoms with van der Waals surface area (Å²) < 4.78 is 11.2. The number of anilines is 2. The number of nitrogens with one attached hydrogen (secondary N) is 1. The highest BCUT2D eigenvalue weighted by atomic mass is 32.1. The number of hydrazone groups is 1. The van der Waals surface area contributed by atoms with Gasteiger partial charge in [-0.25, -0.2) is 4.98 Å². The normalized spacial score (nSPS) is 11.1. The number of hydrogen-bond acceptors (Lipinski definition) is 7. The van der Waals surface area contributed by atoms with E-state index in [1.807, 2.05) is 60.7 Å². The van der Waals surface area contributed by atoms with Crippen LogP contribution in [-0.2, 0) is 0 Å². The second-order valence-corrected chi connectivity index (χ2v) is 6.34. The van der Waals surface area contributed by atoms with Gasteiger partial charge in [0.25, 0.3) is 0 Å². The summed E-state index contributed by atoms with van der Waals surface area (Å²) in [4.78, 5) is 4.07. The van der Waals surface area contributed by atoms with E-state index in [-0.39, 0.29) is 0 Å². The van der Waals surface area contributed by atoms with Gasteiger partial charge in [0.05, 0.1) is 13.3 Å². The van der Waals surface area contributed by atoms with Crippen LogP contribution < -0.4 is 20.6 Å². The van der Waals surface area contributed by atoms with E-state index in [9.17, 15) is 0 Å². The molecule has 0 aliphatic heterocycles. The maximum Gasteiger partial charge on any atom is 0.205 e. The average molecular weight is 380 g/mol. The summed E-state index contributed by atoms with van der Waals surface area (Å²) in [5.41, 5.74) is 10.4. The molecule has 6 nitrogen and oxygen atoms in total. The molecule has 0 aliphatic rings. The summed E-state index contributed by atoms with van der Waals surface area (Å²) in [6.45, 7) is 0.450. The van der Waals surface area contributed by atoms with E-state index in [1.165, 1.54) is 11.3 Å². The van der Waals surface area contributed by atoms with E-state index in [2.05, 4.69) is 15.5 Å². The number of nitrogen functional groups attached to an aromatic ring is 1. The van der Waals surface area contributed by atoms with Gasteiger partial charge in [0.1, 0.15) is 12.4 Å². The number of nitrogens with two attached hydrogens (primary N) is 1. The Morgan fingerprint density at radius 3 is 2.74 bits per heavy atom. The Morgan fingerprint density at radius 1 is 1.15 bits per heavy atom. The van der Waals surface area contributed by atoms with Gasteiger partial charge in [-0.15, -0.1) is 11.3 Å². The zero-order valence-electron chi connectivity index (χ0n) is 14.8. The third-order valence-electron chi connectivity index (χ3n) is 3.53. The van der Waals surface area contributed by atoms with Crippen LogP contribution in [0.5, 0.6) is 11.5 Å². The number of ether oxygens (including phenoxy) is 2. The smallest absolute Gasteiger partial charge is 0.205 e. The predicted octanol–water partition coefficient (Wildman–Crippen LogP) is 4.27. The zero-order valence-corrected chi connectivity index (χ0v) is 15.6. The lowest BCUT2D eigenvalue weighted by Gasteiger charge is -2.09. The Morgan fingerprint density at radius 2 is 2.00 bits per heavy atom. The van der Waals surface area contributed by atoms with Crippen LogP contribution in [0.2, 0.25) is 0 Å². The van der Waals surface area contributed by atoms with E-state index < -0.39 is 0 Å². The molecule has 0 bridgehead atoms. The summed E-state index contributed by atoms with van der Waals surface area (Å²) in [5, 5.41) is 6.54. The maximum absolute atomic E-state index is 5.79. The van der Waals surface area contributed by atoms with Gasteiger partial charge in [-0.2, -0.15) is 5.10 Å². The number of rotatable bonds is 8. The molecule has 0 saturated heterocycles. The molecular weight excluding hydrogens is 360 g/mol. The standard InChI is InChI=1S/C20H20N4O2S/c1-25-18-12-16(13-22-24-20-23-19(21)14-27-20)9-10-17(18)26-11-5-8-15-6-3-2-4-7-15/h2-10,12-14H,11,21H2,1H3,(H,23,24). The molecule has 2 aromatic carbocycles. The Kier molecular flexibility index (Phi) is 6.43. The number of thiazole rings is 1. The molecule has 1 heterocycles. The van der Waals surface area contributed by atoms with E-state index in [1.54, 1.807) is 18.7 Å². The highest BCUT2D eigenvalue weighted by Gasteiger charge is 2.04. The molecule has 3 aromatic rings. The lowest BCUT2D eigenvalue weighted by molar-refractivity contribution is 0.326. The van der Waals surface area contributed by atoms with Gasteiger partial charge >= 0.3 is 0 Å². The average Bonchev–Trinajstić information content (AvgIpc) is 3.11. The molecule has 138 valence electrons. The summed E-state index contributed by atoms with van der Waals surface area (Å²) in [6.07, 6.45) is 5.66. The van der Waals surface area contributed by atoms with Crippen molar-refractivity contribution < 1.29 is 9.47 Å². The third-order valence-corrected chi connectivity index (χ3v) is 4.29. The molecule has 0 unspecified atom stereocenters. The summed E-state index contributed by atoms with van der Waals surface area (Å²) in [5.74, 6) is 1.79. The highest BCUT2D eigenvalue weighted by Crippen LogP contribution is 2.27. The van der Waals surface area contributed by atoms with Crippen LogP contribution in [-0.4, -0.2) is 24.9 Å². The quantitative estimate of drug-likeness (QED) is 0.450. The van der Waals surface area contributed by atoms with Crippen LogP contribution in [0.4, 0.5) is 10.9 Å². The Balaban J connectivity index is 1.57. The molecule has 0 aliphatic carbocycles. The van der Waals surface area contributed by atoms with E-state index in [0.29, 0.717) is 29.1 Å². The minimum atomic E-state index is 0.450. The molecule has 7 heteroatoms. The fourth-order valence-electron chi connectivity index (χ4n) is 2.27. The Hall–Kier alpha value is -3.32. The van der Waals surface area contributed by atoms with Crippen molar-refractivity contribution >= 4 is 34.6 Å². The largest absolute Gasteiger partial charge is 0.493 e. The second-order valence-electron chi connectivity index (χ2n) is 5.48. The number of nitrogens with zero attached hydrogens (tertiary/aromatic N) is 2. The first-order valence-electron chi connectivity index (χ1n) is 8.27. The molecule has 0 amide bonds. The number of methoxy groups -OCH3 is 1. The highest BCUT2D eigenvalue weighted by molar-refractivity contribution is 7.14. The summed E-state index contributed by atoms with van der Waals surface area (Å²) in [7, 11) is 1.61. The molecule has 1 aromatic heterocycles. The van der Waals surface area contributed by atoms with Gasteiger partial charge in [0.2, 0.25) is 5.13 Å². The topological polar surface area (TPSA) is 81.8 Å².